The monoisotopic (exact) mass is 325 g/mol. The van der Waals surface area contributed by atoms with Crippen LogP contribution >= 0.6 is 0 Å². The quantitative estimate of drug-likeness (QED) is 0.568. The number of nitrogens with one attached hydrogen (secondary N) is 1. The van der Waals surface area contributed by atoms with Crippen LogP contribution in [0.25, 0.3) is 0 Å². The van der Waals surface area contributed by atoms with Gasteiger partial charge in [-0.05, 0) is 51.8 Å². The lowest BCUT2D eigenvalue weighted by atomic mass is 10.1. The second-order valence-corrected chi connectivity index (χ2v) is 6.20. The number of carbonyl (C=O) groups excluding carboxylic acids is 1. The Morgan fingerprint density at radius 3 is 2.43 bits per heavy atom. The smallest absolute Gasteiger partial charge is 0.407 e. The van der Waals surface area contributed by atoms with E-state index in [1.165, 1.54) is 0 Å². The molecular weight excluding hydrogens is 298 g/mol. The van der Waals surface area contributed by atoms with Crippen LogP contribution in [0.5, 0.6) is 5.75 Å². The molecule has 1 atom stereocenters. The first kappa shape index (κ1) is 19.3. The lowest BCUT2D eigenvalue weighted by Crippen LogP contribution is -2.42. The molecule has 1 aromatic carbocycles. The Kier molecular flexibility index (Phi) is 7.85. The maximum atomic E-state index is 11.9. The Morgan fingerprint density at radius 1 is 1.22 bits per heavy atom. The molecule has 0 bridgehead atoms. The van der Waals surface area contributed by atoms with Crippen molar-refractivity contribution in [2.24, 2.45) is 0 Å². The number of phenolic OH excluding ortho intramolecular Hbond substituents is 1. The fourth-order valence-corrected chi connectivity index (χ4v) is 1.88. The third-order valence-corrected chi connectivity index (χ3v) is 2.83. The summed E-state index contributed by atoms with van der Waals surface area (Å²) in [6, 6.07) is 6.58. The predicted molar refractivity (Wildman–Crippen MR) is 87.4 cm³/mol. The Bertz CT molecular complexity index is 467. The first-order chi connectivity index (χ1) is 10.8. The van der Waals surface area contributed by atoms with Crippen molar-refractivity contribution in [3.05, 3.63) is 29.8 Å². The summed E-state index contributed by atoms with van der Waals surface area (Å²) in [6.45, 7) is 8.38. The summed E-state index contributed by atoms with van der Waals surface area (Å²) in [5, 5.41) is 12.1. The zero-order valence-electron chi connectivity index (χ0n) is 14.3. The Hall–Kier alpha value is -1.79. The highest BCUT2D eigenvalue weighted by atomic mass is 16.7. The van der Waals surface area contributed by atoms with Gasteiger partial charge in [0.15, 0.2) is 0 Å². The molecule has 0 saturated carbocycles. The number of hydrogen-bond donors (Lipinski definition) is 2. The van der Waals surface area contributed by atoms with Gasteiger partial charge in [-0.15, -0.1) is 0 Å². The molecule has 0 unspecified atom stereocenters. The molecule has 6 heteroatoms. The van der Waals surface area contributed by atoms with E-state index in [2.05, 4.69) is 5.32 Å². The maximum Gasteiger partial charge on any atom is 0.407 e. The van der Waals surface area contributed by atoms with Gasteiger partial charge in [0, 0.05) is 6.61 Å². The zero-order valence-corrected chi connectivity index (χ0v) is 14.3. The van der Waals surface area contributed by atoms with Crippen molar-refractivity contribution in [1.82, 2.24) is 5.32 Å². The van der Waals surface area contributed by atoms with Gasteiger partial charge in [0.25, 0.3) is 0 Å². The molecule has 0 aliphatic carbocycles. The summed E-state index contributed by atoms with van der Waals surface area (Å²) >= 11 is 0. The molecule has 0 radical (unpaired) electrons. The zero-order chi connectivity index (χ0) is 17.3. The van der Waals surface area contributed by atoms with E-state index in [1.54, 1.807) is 12.1 Å². The second-order valence-electron chi connectivity index (χ2n) is 6.20. The molecule has 0 fully saturated rings. The van der Waals surface area contributed by atoms with E-state index in [9.17, 15) is 9.90 Å². The fourth-order valence-electron chi connectivity index (χ4n) is 1.88. The first-order valence-corrected chi connectivity index (χ1v) is 7.73. The van der Waals surface area contributed by atoms with Gasteiger partial charge in [-0.2, -0.15) is 0 Å². The van der Waals surface area contributed by atoms with Crippen LogP contribution in [0.15, 0.2) is 24.3 Å². The molecule has 0 aliphatic rings. The molecule has 6 nitrogen and oxygen atoms in total. The van der Waals surface area contributed by atoms with E-state index in [0.29, 0.717) is 19.6 Å². The molecule has 1 rings (SSSR count). The van der Waals surface area contributed by atoms with Crippen molar-refractivity contribution in [2.45, 2.75) is 45.8 Å². The van der Waals surface area contributed by atoms with Gasteiger partial charge in [0.2, 0.25) is 0 Å². The van der Waals surface area contributed by atoms with Crippen LogP contribution in [-0.4, -0.2) is 42.8 Å². The lowest BCUT2D eigenvalue weighted by molar-refractivity contribution is -0.0561. The minimum Gasteiger partial charge on any atom is -0.508 e. The number of phenols is 1. The summed E-state index contributed by atoms with van der Waals surface area (Å²) < 4.78 is 15.8. The number of aromatic hydroxyl groups is 1. The van der Waals surface area contributed by atoms with Crippen LogP contribution in [0, 0.1) is 0 Å². The van der Waals surface area contributed by atoms with Crippen LogP contribution in [-0.2, 0) is 20.6 Å². The van der Waals surface area contributed by atoms with Crippen molar-refractivity contribution in [1.29, 1.82) is 0 Å². The second kappa shape index (κ2) is 9.37. The number of rotatable bonds is 8. The van der Waals surface area contributed by atoms with E-state index in [1.807, 2.05) is 39.8 Å². The van der Waals surface area contributed by atoms with Gasteiger partial charge in [-0.3, -0.25) is 0 Å². The van der Waals surface area contributed by atoms with Crippen molar-refractivity contribution in [3.8, 4) is 5.75 Å². The average Bonchev–Trinajstić information content (AvgIpc) is 2.44. The fraction of sp³-hybridized carbons (Fsp3) is 0.588. The third-order valence-electron chi connectivity index (χ3n) is 2.83. The summed E-state index contributed by atoms with van der Waals surface area (Å²) in [6.07, 6.45) is 0.0762. The highest BCUT2D eigenvalue weighted by Crippen LogP contribution is 2.12. The molecule has 1 aromatic rings. The van der Waals surface area contributed by atoms with Gasteiger partial charge < -0.3 is 24.6 Å². The standard InChI is InChI=1S/C17H27NO5/c1-5-21-12-22-11-14(18-16(20)23-17(2,3)4)10-13-6-8-15(19)9-7-13/h6-9,14,19H,5,10-12H2,1-4H3,(H,18,20)/t14-/m0/s1. The average molecular weight is 325 g/mol. The van der Waals surface area contributed by atoms with Crippen LogP contribution < -0.4 is 5.32 Å². The molecule has 2 N–H and O–H groups in total. The highest BCUT2D eigenvalue weighted by Gasteiger charge is 2.20. The lowest BCUT2D eigenvalue weighted by Gasteiger charge is -2.23. The molecule has 0 saturated heterocycles. The largest absolute Gasteiger partial charge is 0.508 e. The highest BCUT2D eigenvalue weighted by molar-refractivity contribution is 5.68. The summed E-state index contributed by atoms with van der Waals surface area (Å²) in [4.78, 5) is 11.9. The molecule has 1 amide bonds. The van der Waals surface area contributed by atoms with E-state index in [0.717, 1.165) is 5.56 Å². The summed E-state index contributed by atoms with van der Waals surface area (Å²) in [7, 11) is 0. The molecule has 0 aromatic heterocycles. The van der Waals surface area contributed by atoms with E-state index >= 15 is 0 Å². The Morgan fingerprint density at radius 2 is 1.87 bits per heavy atom. The van der Waals surface area contributed by atoms with E-state index in [-0.39, 0.29) is 18.6 Å². The van der Waals surface area contributed by atoms with Gasteiger partial charge in [0.05, 0.1) is 12.6 Å². The van der Waals surface area contributed by atoms with Crippen LogP contribution in [0.3, 0.4) is 0 Å². The van der Waals surface area contributed by atoms with Crippen LogP contribution in [0.2, 0.25) is 0 Å². The van der Waals surface area contributed by atoms with Crippen molar-refractivity contribution < 1.29 is 24.1 Å². The Balaban J connectivity index is 2.60. The van der Waals surface area contributed by atoms with E-state index < -0.39 is 11.7 Å². The predicted octanol–water partition coefficient (Wildman–Crippen LogP) is 2.84. The minimum atomic E-state index is -0.556. The van der Waals surface area contributed by atoms with Crippen molar-refractivity contribution in [2.75, 3.05) is 20.0 Å². The maximum absolute atomic E-state index is 11.9. The molecule has 0 spiro atoms. The number of amides is 1. The molecule has 23 heavy (non-hydrogen) atoms. The van der Waals surface area contributed by atoms with E-state index in [4.69, 9.17) is 14.2 Å². The van der Waals surface area contributed by atoms with Gasteiger partial charge in [-0.1, -0.05) is 12.1 Å². The van der Waals surface area contributed by atoms with Gasteiger partial charge >= 0.3 is 6.09 Å². The minimum absolute atomic E-state index is 0.179. The molecule has 0 aliphatic heterocycles. The topological polar surface area (TPSA) is 77.0 Å². The number of ether oxygens (including phenoxy) is 3. The summed E-state index contributed by atoms with van der Waals surface area (Å²) in [5.74, 6) is 0.206. The van der Waals surface area contributed by atoms with Crippen molar-refractivity contribution >= 4 is 6.09 Å². The van der Waals surface area contributed by atoms with Crippen LogP contribution in [0.4, 0.5) is 4.79 Å². The van der Waals surface area contributed by atoms with Gasteiger partial charge in [-0.25, -0.2) is 4.79 Å². The number of alkyl carbamates (subject to hydrolysis) is 1. The number of hydrogen-bond acceptors (Lipinski definition) is 5. The molecule has 130 valence electrons. The summed E-state index contributed by atoms with van der Waals surface area (Å²) in [5.41, 5.74) is 0.420. The molecular formula is C17H27NO5. The molecule has 0 heterocycles. The first-order valence-electron chi connectivity index (χ1n) is 7.73. The van der Waals surface area contributed by atoms with Gasteiger partial charge in [0.1, 0.15) is 18.1 Å². The Labute approximate surface area is 137 Å². The van der Waals surface area contributed by atoms with Crippen molar-refractivity contribution in [3.63, 3.8) is 0 Å². The normalized spacial score (nSPS) is 12.7. The van der Waals surface area contributed by atoms with Crippen LogP contribution in [0.1, 0.15) is 33.3 Å². The number of benzene rings is 1. The number of carbonyl (C=O) groups is 1. The third kappa shape index (κ3) is 9.05. The SMILES string of the molecule is CCOCOC[C@H](Cc1ccc(O)cc1)NC(=O)OC(C)(C)C.